The fourth-order valence-corrected chi connectivity index (χ4v) is 2.62. The molecule has 0 aliphatic rings. The second kappa shape index (κ2) is 6.07. The third-order valence-corrected chi connectivity index (χ3v) is 4.15. The van der Waals surface area contributed by atoms with Gasteiger partial charge in [0.1, 0.15) is 5.54 Å². The van der Waals surface area contributed by atoms with Crippen LogP contribution in [0.2, 0.25) is 0 Å². The number of carboxylic acid groups (broad SMARTS) is 1. The lowest BCUT2D eigenvalue weighted by molar-refractivity contribution is -0.144. The van der Waals surface area contributed by atoms with Crippen LogP contribution in [0.4, 0.5) is 0 Å². The maximum atomic E-state index is 11.1. The average Bonchev–Trinajstić information content (AvgIpc) is 2.31. The molecule has 2 N–H and O–H groups in total. The molecule has 0 bridgehead atoms. The molecule has 0 saturated carbocycles. The van der Waals surface area contributed by atoms with Crippen molar-refractivity contribution < 1.29 is 9.90 Å². The lowest BCUT2D eigenvalue weighted by Gasteiger charge is -2.23. The first-order valence-electron chi connectivity index (χ1n) is 5.60. The van der Waals surface area contributed by atoms with Gasteiger partial charge in [-0.25, -0.2) is 0 Å². The zero-order valence-electron chi connectivity index (χ0n) is 10.5. The molecule has 17 heavy (non-hydrogen) atoms. The van der Waals surface area contributed by atoms with Crippen LogP contribution < -0.4 is 5.32 Å². The van der Waals surface area contributed by atoms with Crippen LogP contribution >= 0.6 is 11.8 Å². The van der Waals surface area contributed by atoms with Gasteiger partial charge in [0, 0.05) is 10.6 Å². The Kier molecular flexibility index (Phi) is 5.02. The van der Waals surface area contributed by atoms with Crippen molar-refractivity contribution in [3.63, 3.8) is 0 Å². The fraction of sp³-hybridized carbons (Fsp3) is 0.462. The van der Waals surface area contributed by atoms with Gasteiger partial charge in [0.05, 0.1) is 0 Å². The van der Waals surface area contributed by atoms with Gasteiger partial charge in [0.25, 0.3) is 0 Å². The van der Waals surface area contributed by atoms with Crippen molar-refractivity contribution in [2.24, 2.45) is 0 Å². The molecule has 1 unspecified atom stereocenters. The number of thioether (sulfide) groups is 1. The Hall–Kier alpha value is -1.00. The summed E-state index contributed by atoms with van der Waals surface area (Å²) in [5.74, 6) is -0.0144. The Morgan fingerprint density at radius 2 is 2.12 bits per heavy atom. The smallest absolute Gasteiger partial charge is 0.323 e. The molecule has 4 heteroatoms. The minimum absolute atomic E-state index is 0.595. The number of benzene rings is 1. The van der Waals surface area contributed by atoms with Gasteiger partial charge in [-0.15, -0.1) is 11.8 Å². The molecule has 1 atom stereocenters. The topological polar surface area (TPSA) is 49.3 Å². The van der Waals surface area contributed by atoms with Crippen LogP contribution in [-0.4, -0.2) is 29.4 Å². The number of likely N-dealkylation sites (N-methyl/N-ethyl adjacent to an activating group) is 1. The number of nitrogens with one attached hydrogen (secondary N) is 1. The highest BCUT2D eigenvalue weighted by molar-refractivity contribution is 7.99. The lowest BCUT2D eigenvalue weighted by atomic mass is 10.00. The molecular formula is C13H19NO2S. The third kappa shape index (κ3) is 3.75. The van der Waals surface area contributed by atoms with Crippen molar-refractivity contribution in [3.05, 3.63) is 29.8 Å². The van der Waals surface area contributed by atoms with Crippen LogP contribution in [0.3, 0.4) is 0 Å². The zero-order valence-corrected chi connectivity index (χ0v) is 11.3. The van der Waals surface area contributed by atoms with Crippen LogP contribution in [-0.2, 0) is 4.79 Å². The molecule has 3 nitrogen and oxygen atoms in total. The largest absolute Gasteiger partial charge is 0.480 e. The van der Waals surface area contributed by atoms with Crippen molar-refractivity contribution in [1.82, 2.24) is 5.32 Å². The second-order valence-electron chi connectivity index (χ2n) is 4.25. The fourth-order valence-electron chi connectivity index (χ4n) is 1.42. The van der Waals surface area contributed by atoms with Crippen molar-refractivity contribution >= 4 is 17.7 Å². The molecule has 1 aromatic carbocycles. The Morgan fingerprint density at radius 3 is 2.65 bits per heavy atom. The highest BCUT2D eigenvalue weighted by atomic mass is 32.2. The highest BCUT2D eigenvalue weighted by Crippen LogP contribution is 2.24. The second-order valence-corrected chi connectivity index (χ2v) is 5.39. The molecule has 0 aliphatic heterocycles. The first-order chi connectivity index (χ1) is 7.99. The van der Waals surface area contributed by atoms with E-state index in [0.29, 0.717) is 6.42 Å². The number of carboxylic acids is 1. The van der Waals surface area contributed by atoms with Gasteiger partial charge in [0.15, 0.2) is 0 Å². The summed E-state index contributed by atoms with van der Waals surface area (Å²) < 4.78 is 0. The monoisotopic (exact) mass is 253 g/mol. The predicted octanol–water partition coefficient (Wildman–Crippen LogP) is 2.54. The Morgan fingerprint density at radius 1 is 1.47 bits per heavy atom. The number of carbonyl (C=O) groups is 1. The Bertz CT molecular complexity index is 395. The van der Waals surface area contributed by atoms with Crippen LogP contribution in [0, 0.1) is 6.92 Å². The summed E-state index contributed by atoms with van der Waals surface area (Å²) in [5.41, 5.74) is 0.398. The summed E-state index contributed by atoms with van der Waals surface area (Å²) in [7, 11) is 1.69. The lowest BCUT2D eigenvalue weighted by Crippen LogP contribution is -2.47. The van der Waals surface area contributed by atoms with E-state index in [-0.39, 0.29) is 0 Å². The van der Waals surface area contributed by atoms with Crippen molar-refractivity contribution in [2.75, 3.05) is 12.8 Å². The van der Waals surface area contributed by atoms with Crippen LogP contribution in [0.5, 0.6) is 0 Å². The number of aliphatic carboxylic acids is 1. The standard InChI is InChI=1S/C13H19NO2S/c1-10-6-4-5-7-11(10)17-9-8-13(2,14-3)12(15)16/h4-7,14H,8-9H2,1-3H3,(H,15,16). The van der Waals surface area contributed by atoms with E-state index in [1.807, 2.05) is 12.1 Å². The molecule has 94 valence electrons. The van der Waals surface area contributed by atoms with Gasteiger partial charge in [-0.05, 0) is 38.9 Å². The summed E-state index contributed by atoms with van der Waals surface area (Å²) in [4.78, 5) is 12.3. The first-order valence-corrected chi connectivity index (χ1v) is 6.59. The van der Waals surface area contributed by atoms with Crippen LogP contribution in [0.1, 0.15) is 18.9 Å². The maximum absolute atomic E-state index is 11.1. The molecule has 0 spiro atoms. The molecule has 0 amide bonds. The summed E-state index contributed by atoms with van der Waals surface area (Å²) in [6, 6.07) is 8.15. The van der Waals surface area contributed by atoms with Gasteiger partial charge in [0.2, 0.25) is 0 Å². The average molecular weight is 253 g/mol. The molecule has 0 aromatic heterocycles. The van der Waals surface area contributed by atoms with Crippen molar-refractivity contribution in [1.29, 1.82) is 0 Å². The van der Waals surface area contributed by atoms with E-state index < -0.39 is 11.5 Å². The highest BCUT2D eigenvalue weighted by Gasteiger charge is 2.30. The van der Waals surface area contributed by atoms with E-state index in [4.69, 9.17) is 5.11 Å². The van der Waals surface area contributed by atoms with Crippen LogP contribution in [0.15, 0.2) is 29.2 Å². The molecule has 0 radical (unpaired) electrons. The molecular weight excluding hydrogens is 234 g/mol. The third-order valence-electron chi connectivity index (χ3n) is 2.98. The Labute approximate surface area is 107 Å². The molecule has 1 rings (SSSR count). The molecule has 1 aromatic rings. The minimum atomic E-state index is -0.838. The molecule has 0 aliphatic carbocycles. The SMILES string of the molecule is CNC(C)(CCSc1ccccc1C)C(=O)O. The maximum Gasteiger partial charge on any atom is 0.323 e. The van der Waals surface area contributed by atoms with Gasteiger partial charge < -0.3 is 10.4 Å². The zero-order chi connectivity index (χ0) is 12.9. The number of aryl methyl sites for hydroxylation is 1. The van der Waals surface area contributed by atoms with E-state index in [0.717, 1.165) is 5.75 Å². The molecule has 0 saturated heterocycles. The first kappa shape index (κ1) is 14.1. The summed E-state index contributed by atoms with van der Waals surface area (Å²) in [6.45, 7) is 3.78. The molecule has 0 heterocycles. The summed E-state index contributed by atoms with van der Waals surface area (Å²) >= 11 is 1.70. The van der Waals surface area contributed by atoms with Crippen molar-refractivity contribution in [2.45, 2.75) is 30.7 Å². The van der Waals surface area contributed by atoms with Gasteiger partial charge >= 0.3 is 5.97 Å². The summed E-state index contributed by atoms with van der Waals surface area (Å²) in [6.07, 6.45) is 0.595. The summed E-state index contributed by atoms with van der Waals surface area (Å²) in [5, 5.41) is 12.0. The predicted molar refractivity (Wildman–Crippen MR) is 71.6 cm³/mol. The Balaban J connectivity index is 2.53. The van der Waals surface area contributed by atoms with E-state index >= 15 is 0 Å². The van der Waals surface area contributed by atoms with Crippen LogP contribution in [0.25, 0.3) is 0 Å². The van der Waals surface area contributed by atoms with Gasteiger partial charge in [-0.1, -0.05) is 18.2 Å². The molecule has 0 fully saturated rings. The quantitative estimate of drug-likeness (QED) is 0.765. The normalized spacial score (nSPS) is 14.3. The minimum Gasteiger partial charge on any atom is -0.480 e. The number of rotatable bonds is 6. The van der Waals surface area contributed by atoms with E-state index in [1.165, 1.54) is 10.5 Å². The number of hydrogen-bond donors (Lipinski definition) is 2. The van der Waals surface area contributed by atoms with E-state index in [1.54, 1.807) is 25.7 Å². The van der Waals surface area contributed by atoms with Gasteiger partial charge in [-0.2, -0.15) is 0 Å². The van der Waals surface area contributed by atoms with Gasteiger partial charge in [-0.3, -0.25) is 4.79 Å². The van der Waals surface area contributed by atoms with Crippen molar-refractivity contribution in [3.8, 4) is 0 Å². The van der Waals surface area contributed by atoms with E-state index in [2.05, 4.69) is 24.4 Å². The number of hydrogen-bond acceptors (Lipinski definition) is 3. The van der Waals surface area contributed by atoms with E-state index in [9.17, 15) is 4.79 Å².